The summed E-state index contributed by atoms with van der Waals surface area (Å²) < 4.78 is 12.2. The molecule has 0 saturated carbocycles. The van der Waals surface area contributed by atoms with Crippen LogP contribution in [0.4, 0.5) is 0 Å². The van der Waals surface area contributed by atoms with Gasteiger partial charge in [0.05, 0.1) is 13.7 Å². The molecule has 130 valence electrons. The Kier molecular flexibility index (Phi) is 7.11. The van der Waals surface area contributed by atoms with Gasteiger partial charge in [0.25, 0.3) is 0 Å². The lowest BCUT2D eigenvalue weighted by atomic mass is 10.2. The minimum absolute atomic E-state index is 0.144. The molecule has 1 aromatic heterocycles. The highest BCUT2D eigenvalue weighted by Gasteiger charge is 2.13. The molecule has 0 aliphatic heterocycles. The molecule has 0 amide bonds. The molecule has 2 aromatic rings. The summed E-state index contributed by atoms with van der Waals surface area (Å²) in [5.74, 6) is 2.32. The molecular weight excluding hydrogens is 326 g/mol. The quantitative estimate of drug-likeness (QED) is 0.393. The fourth-order valence-electron chi connectivity index (χ4n) is 2.25. The second-order valence-electron chi connectivity index (χ2n) is 5.04. The number of aromatic nitrogens is 3. The van der Waals surface area contributed by atoms with Gasteiger partial charge in [-0.05, 0) is 44.5 Å². The summed E-state index contributed by atoms with van der Waals surface area (Å²) in [5, 5.41) is 9.47. The lowest BCUT2D eigenvalue weighted by Crippen LogP contribution is -2.04. The lowest BCUT2D eigenvalue weighted by molar-refractivity contribution is -0.143. The molecule has 0 unspecified atom stereocenters. The van der Waals surface area contributed by atoms with Crippen LogP contribution >= 0.6 is 11.8 Å². The molecule has 0 spiro atoms. The first-order chi connectivity index (χ1) is 11.7. The van der Waals surface area contributed by atoms with Gasteiger partial charge in [-0.15, -0.1) is 10.2 Å². The molecule has 24 heavy (non-hydrogen) atoms. The number of carbonyl (C=O) groups is 1. The fraction of sp³-hybridized carbons (Fsp3) is 0.471. The maximum atomic E-state index is 11.3. The molecule has 0 fully saturated rings. The van der Waals surface area contributed by atoms with Crippen molar-refractivity contribution < 1.29 is 14.3 Å². The maximum Gasteiger partial charge on any atom is 0.305 e. The summed E-state index contributed by atoms with van der Waals surface area (Å²) in [4.78, 5) is 11.3. The van der Waals surface area contributed by atoms with Crippen molar-refractivity contribution in [1.29, 1.82) is 0 Å². The molecule has 0 aliphatic rings. The van der Waals surface area contributed by atoms with Crippen LogP contribution in [-0.2, 0) is 16.1 Å². The van der Waals surface area contributed by atoms with Crippen LogP contribution in [-0.4, -0.2) is 40.2 Å². The predicted octanol–water partition coefficient (Wildman–Crippen LogP) is 3.41. The van der Waals surface area contributed by atoms with E-state index < -0.39 is 0 Å². The van der Waals surface area contributed by atoms with E-state index in [4.69, 9.17) is 9.47 Å². The number of esters is 1. The molecule has 6 nitrogen and oxygen atoms in total. The monoisotopic (exact) mass is 349 g/mol. The molecule has 0 N–H and O–H groups in total. The summed E-state index contributed by atoms with van der Waals surface area (Å²) >= 11 is 1.61. The van der Waals surface area contributed by atoms with Crippen molar-refractivity contribution in [1.82, 2.24) is 14.8 Å². The summed E-state index contributed by atoms with van der Waals surface area (Å²) in [6.07, 6.45) is 1.20. The smallest absolute Gasteiger partial charge is 0.305 e. The van der Waals surface area contributed by atoms with Gasteiger partial charge < -0.3 is 14.0 Å². The topological polar surface area (TPSA) is 66.2 Å². The minimum Gasteiger partial charge on any atom is -0.497 e. The van der Waals surface area contributed by atoms with E-state index in [1.54, 1.807) is 18.9 Å². The highest BCUT2D eigenvalue weighted by molar-refractivity contribution is 7.99. The van der Waals surface area contributed by atoms with E-state index in [0.29, 0.717) is 13.0 Å². The van der Waals surface area contributed by atoms with Gasteiger partial charge in [-0.2, -0.15) is 0 Å². The van der Waals surface area contributed by atoms with Gasteiger partial charge in [0, 0.05) is 24.3 Å². The molecule has 0 saturated heterocycles. The summed E-state index contributed by atoms with van der Waals surface area (Å²) in [5.41, 5.74) is 1.00. The molecule has 0 radical (unpaired) electrons. The van der Waals surface area contributed by atoms with Crippen LogP contribution in [0.1, 0.15) is 26.7 Å². The molecule has 7 heteroatoms. The van der Waals surface area contributed by atoms with E-state index in [9.17, 15) is 4.79 Å². The Morgan fingerprint density at radius 3 is 2.58 bits per heavy atom. The Bertz CT molecular complexity index is 656. The Morgan fingerprint density at radius 2 is 1.96 bits per heavy atom. The minimum atomic E-state index is -0.144. The van der Waals surface area contributed by atoms with Crippen LogP contribution in [0.2, 0.25) is 0 Å². The second kappa shape index (κ2) is 9.32. The van der Waals surface area contributed by atoms with Crippen molar-refractivity contribution in [3.8, 4) is 17.1 Å². The maximum absolute atomic E-state index is 11.3. The van der Waals surface area contributed by atoms with Gasteiger partial charge in [0.2, 0.25) is 0 Å². The van der Waals surface area contributed by atoms with Crippen LogP contribution in [0.3, 0.4) is 0 Å². The molecule has 0 atom stereocenters. The van der Waals surface area contributed by atoms with Crippen molar-refractivity contribution >= 4 is 17.7 Å². The van der Waals surface area contributed by atoms with E-state index in [-0.39, 0.29) is 5.97 Å². The molecule has 0 bridgehead atoms. The third kappa shape index (κ3) is 4.74. The molecule has 2 rings (SSSR count). The Balaban J connectivity index is 1.99. The number of hydrogen-bond acceptors (Lipinski definition) is 6. The van der Waals surface area contributed by atoms with E-state index in [2.05, 4.69) is 21.7 Å². The summed E-state index contributed by atoms with van der Waals surface area (Å²) in [6.45, 7) is 5.10. The van der Waals surface area contributed by atoms with Crippen molar-refractivity contribution in [3.63, 3.8) is 0 Å². The van der Waals surface area contributed by atoms with Crippen molar-refractivity contribution in [3.05, 3.63) is 24.3 Å². The number of rotatable bonds is 9. The van der Waals surface area contributed by atoms with E-state index in [1.807, 2.05) is 31.2 Å². The van der Waals surface area contributed by atoms with Gasteiger partial charge in [0.15, 0.2) is 11.0 Å². The molecule has 1 heterocycles. The largest absolute Gasteiger partial charge is 0.497 e. The van der Waals surface area contributed by atoms with Gasteiger partial charge in [-0.1, -0.05) is 11.8 Å². The number of thioether (sulfide) groups is 1. The van der Waals surface area contributed by atoms with Gasteiger partial charge in [-0.3, -0.25) is 4.79 Å². The number of hydrogen-bond donors (Lipinski definition) is 0. The standard InChI is InChI=1S/C17H23N3O3S/c1-4-20-16(13-8-10-14(22-3)11-9-13)18-19-17(20)24-12-6-7-15(21)23-5-2/h8-11H,4-7,12H2,1-3H3. The molecule has 0 aliphatic carbocycles. The van der Waals surface area contributed by atoms with Gasteiger partial charge >= 0.3 is 5.97 Å². The zero-order valence-electron chi connectivity index (χ0n) is 14.3. The fourth-order valence-corrected chi connectivity index (χ4v) is 3.19. The zero-order chi connectivity index (χ0) is 17.4. The number of nitrogens with zero attached hydrogens (tertiary/aromatic N) is 3. The van der Waals surface area contributed by atoms with Crippen LogP contribution in [0, 0.1) is 0 Å². The highest BCUT2D eigenvalue weighted by Crippen LogP contribution is 2.26. The third-order valence-corrected chi connectivity index (χ3v) is 4.50. The second-order valence-corrected chi connectivity index (χ2v) is 6.10. The Labute approximate surface area is 146 Å². The number of benzene rings is 1. The van der Waals surface area contributed by atoms with Crippen LogP contribution in [0.15, 0.2) is 29.4 Å². The lowest BCUT2D eigenvalue weighted by Gasteiger charge is -2.08. The van der Waals surface area contributed by atoms with Crippen molar-refractivity contribution in [2.24, 2.45) is 0 Å². The van der Waals surface area contributed by atoms with Gasteiger partial charge in [-0.25, -0.2) is 0 Å². The summed E-state index contributed by atoms with van der Waals surface area (Å²) in [7, 11) is 1.65. The van der Waals surface area contributed by atoms with Crippen LogP contribution < -0.4 is 4.74 Å². The van der Waals surface area contributed by atoms with Gasteiger partial charge in [0.1, 0.15) is 5.75 Å². The number of carbonyl (C=O) groups excluding carboxylic acids is 1. The first kappa shape index (κ1) is 18.3. The first-order valence-electron chi connectivity index (χ1n) is 8.05. The normalized spacial score (nSPS) is 10.6. The average molecular weight is 349 g/mol. The number of ether oxygens (including phenoxy) is 2. The zero-order valence-corrected chi connectivity index (χ0v) is 15.1. The molecule has 1 aromatic carbocycles. The van der Waals surface area contributed by atoms with Crippen LogP contribution in [0.25, 0.3) is 11.4 Å². The van der Waals surface area contributed by atoms with E-state index in [0.717, 1.165) is 41.0 Å². The van der Waals surface area contributed by atoms with E-state index in [1.165, 1.54) is 0 Å². The van der Waals surface area contributed by atoms with Crippen molar-refractivity contribution in [2.75, 3.05) is 19.5 Å². The number of methoxy groups -OCH3 is 1. The SMILES string of the molecule is CCOC(=O)CCCSc1nnc(-c2ccc(OC)cc2)n1CC. The third-order valence-electron chi connectivity index (χ3n) is 3.44. The van der Waals surface area contributed by atoms with Crippen molar-refractivity contribution in [2.45, 2.75) is 38.4 Å². The predicted molar refractivity (Wildman–Crippen MR) is 94.3 cm³/mol. The van der Waals surface area contributed by atoms with E-state index >= 15 is 0 Å². The highest BCUT2D eigenvalue weighted by atomic mass is 32.2. The average Bonchev–Trinajstić information content (AvgIpc) is 3.02. The first-order valence-corrected chi connectivity index (χ1v) is 9.04. The summed E-state index contributed by atoms with van der Waals surface area (Å²) in [6, 6.07) is 7.78. The van der Waals surface area contributed by atoms with Crippen LogP contribution in [0.5, 0.6) is 5.75 Å². The Hall–Kier alpha value is -2.02. The molecular formula is C17H23N3O3S. The Morgan fingerprint density at radius 1 is 1.21 bits per heavy atom.